The highest BCUT2D eigenvalue weighted by Crippen LogP contribution is 2.25. The Balaban J connectivity index is 2.87. The van der Waals surface area contributed by atoms with Gasteiger partial charge >= 0.3 is 0 Å². The first-order chi connectivity index (χ1) is 7.33. The summed E-state index contributed by atoms with van der Waals surface area (Å²) in [5.74, 6) is 2.05. The summed E-state index contributed by atoms with van der Waals surface area (Å²) in [5.41, 5.74) is 0. The van der Waals surface area contributed by atoms with Crippen molar-refractivity contribution in [3.63, 3.8) is 0 Å². The molecule has 0 amide bonds. The summed E-state index contributed by atoms with van der Waals surface area (Å²) in [6.45, 7) is 0. The molecule has 1 unspecified atom stereocenters. The van der Waals surface area contributed by atoms with Crippen molar-refractivity contribution in [3.05, 3.63) is 24.3 Å². The fourth-order valence-corrected chi connectivity index (χ4v) is 5.53. The summed E-state index contributed by atoms with van der Waals surface area (Å²) in [6.07, 6.45) is 0. The van der Waals surface area contributed by atoms with E-state index in [4.69, 9.17) is 0 Å². The molecule has 86 valence electrons. The molecule has 1 atom stereocenters. The third-order valence-electron chi connectivity index (χ3n) is 2.33. The van der Waals surface area contributed by atoms with E-state index in [9.17, 15) is 17.4 Å². The van der Waals surface area contributed by atoms with Gasteiger partial charge in [-0.1, -0.05) is 12.1 Å². The SMILES string of the molecule is C=S1(=O)CC(=O)CS(=O)(=O)c2ccccc21. The van der Waals surface area contributed by atoms with Gasteiger partial charge in [-0.3, -0.25) is 9.00 Å². The second kappa shape index (κ2) is 3.43. The molecule has 0 N–H and O–H groups in total. The van der Waals surface area contributed by atoms with Gasteiger partial charge in [0.25, 0.3) is 0 Å². The lowest BCUT2D eigenvalue weighted by Crippen LogP contribution is -2.18. The van der Waals surface area contributed by atoms with Gasteiger partial charge in [0.2, 0.25) is 0 Å². The van der Waals surface area contributed by atoms with Gasteiger partial charge in [-0.05, 0) is 18.0 Å². The topological polar surface area (TPSA) is 68.3 Å². The summed E-state index contributed by atoms with van der Waals surface area (Å²) in [5, 5.41) is 0. The third kappa shape index (κ3) is 1.78. The van der Waals surface area contributed by atoms with Crippen LogP contribution >= 0.6 is 0 Å². The average Bonchev–Trinajstić information content (AvgIpc) is 2.21. The van der Waals surface area contributed by atoms with Crippen molar-refractivity contribution in [2.45, 2.75) is 9.79 Å². The minimum Gasteiger partial charge on any atom is -0.298 e. The molecule has 0 radical (unpaired) electrons. The number of ketones is 1. The average molecular weight is 258 g/mol. The Kier molecular flexibility index (Phi) is 2.43. The van der Waals surface area contributed by atoms with Crippen molar-refractivity contribution >= 4 is 31.0 Å². The molecule has 0 spiro atoms. The number of carbonyl (C=O) groups excluding carboxylic acids is 1. The molecular weight excluding hydrogens is 248 g/mol. The van der Waals surface area contributed by atoms with Gasteiger partial charge < -0.3 is 0 Å². The molecule has 1 heterocycles. The molecule has 1 aromatic rings. The first-order valence-electron chi connectivity index (χ1n) is 4.51. The number of hydrogen-bond acceptors (Lipinski definition) is 4. The molecule has 0 saturated carbocycles. The van der Waals surface area contributed by atoms with Gasteiger partial charge in [-0.2, -0.15) is 0 Å². The maximum absolute atomic E-state index is 12.2. The van der Waals surface area contributed by atoms with E-state index in [1.54, 1.807) is 12.1 Å². The number of hydrogen-bond donors (Lipinski definition) is 0. The fraction of sp³-hybridized carbons (Fsp3) is 0.200. The van der Waals surface area contributed by atoms with E-state index < -0.39 is 30.9 Å². The minimum atomic E-state index is -3.67. The van der Waals surface area contributed by atoms with Gasteiger partial charge in [0.05, 0.1) is 10.6 Å². The monoisotopic (exact) mass is 258 g/mol. The van der Waals surface area contributed by atoms with Crippen molar-refractivity contribution in [2.24, 2.45) is 0 Å². The van der Waals surface area contributed by atoms with E-state index in [1.807, 2.05) is 0 Å². The molecule has 0 aliphatic carbocycles. The van der Waals surface area contributed by atoms with E-state index in [0.29, 0.717) is 0 Å². The number of fused-ring (bicyclic) bond motifs is 1. The summed E-state index contributed by atoms with van der Waals surface area (Å²) in [6, 6.07) is 5.96. The zero-order valence-electron chi connectivity index (χ0n) is 8.38. The van der Waals surface area contributed by atoms with Crippen molar-refractivity contribution in [3.8, 4) is 0 Å². The van der Waals surface area contributed by atoms with E-state index in [1.165, 1.54) is 12.1 Å². The molecule has 1 aromatic carbocycles. The number of Topliss-reactive ketones (excluding diaryl/α,β-unsaturated/α-hetero) is 1. The van der Waals surface area contributed by atoms with Gasteiger partial charge in [0.1, 0.15) is 5.75 Å². The Morgan fingerprint density at radius 3 is 2.19 bits per heavy atom. The van der Waals surface area contributed by atoms with Crippen molar-refractivity contribution in [1.82, 2.24) is 0 Å². The number of rotatable bonds is 0. The van der Waals surface area contributed by atoms with Crippen LogP contribution in [0.1, 0.15) is 0 Å². The number of sulfone groups is 1. The highest BCUT2D eigenvalue weighted by atomic mass is 32.2. The van der Waals surface area contributed by atoms with Gasteiger partial charge in [-0.15, -0.1) is 0 Å². The molecule has 1 aliphatic rings. The van der Waals surface area contributed by atoms with Crippen LogP contribution in [-0.4, -0.2) is 35.8 Å². The van der Waals surface area contributed by atoms with E-state index in [-0.39, 0.29) is 15.5 Å². The van der Waals surface area contributed by atoms with Gasteiger partial charge in [0.15, 0.2) is 15.6 Å². The maximum atomic E-state index is 12.2. The van der Waals surface area contributed by atoms with Crippen LogP contribution in [0.2, 0.25) is 0 Å². The molecule has 2 rings (SSSR count). The lowest BCUT2D eigenvalue weighted by Gasteiger charge is -2.07. The lowest BCUT2D eigenvalue weighted by molar-refractivity contribution is -0.114. The highest BCUT2D eigenvalue weighted by molar-refractivity contribution is 8.02. The summed E-state index contributed by atoms with van der Waals surface area (Å²) >= 11 is 0. The standard InChI is InChI=1S/C10H10O4S2/c1-15(12)6-8(11)7-16(13,14)10-5-3-2-4-9(10)15/h2-5H,1,6-7H2. The smallest absolute Gasteiger partial charge is 0.186 e. The van der Waals surface area contributed by atoms with Gasteiger partial charge in [-0.25, -0.2) is 8.42 Å². The molecule has 0 saturated heterocycles. The van der Waals surface area contributed by atoms with E-state index in [0.717, 1.165) is 0 Å². The molecule has 4 nitrogen and oxygen atoms in total. The molecular formula is C10H10O4S2. The lowest BCUT2D eigenvalue weighted by atomic mass is 10.4. The van der Waals surface area contributed by atoms with Crippen LogP contribution in [0.15, 0.2) is 34.1 Å². The molecule has 1 aliphatic heterocycles. The predicted molar refractivity (Wildman–Crippen MR) is 61.9 cm³/mol. The molecule has 0 fully saturated rings. The zero-order chi connectivity index (χ0) is 12.0. The quantitative estimate of drug-likeness (QED) is 0.620. The van der Waals surface area contributed by atoms with Crippen molar-refractivity contribution in [1.29, 1.82) is 0 Å². The first kappa shape index (κ1) is 11.3. The Labute approximate surface area is 94.2 Å². The molecule has 6 heteroatoms. The maximum Gasteiger partial charge on any atom is 0.186 e. The van der Waals surface area contributed by atoms with E-state index in [2.05, 4.69) is 5.87 Å². The van der Waals surface area contributed by atoms with Crippen LogP contribution in [-0.2, 0) is 24.2 Å². The highest BCUT2D eigenvalue weighted by Gasteiger charge is 2.31. The third-order valence-corrected chi connectivity index (χ3v) is 6.13. The largest absolute Gasteiger partial charge is 0.298 e. The van der Waals surface area contributed by atoms with Crippen LogP contribution in [0.25, 0.3) is 0 Å². The second-order valence-electron chi connectivity index (χ2n) is 3.70. The Morgan fingerprint density at radius 2 is 1.56 bits per heavy atom. The van der Waals surface area contributed by atoms with Crippen LogP contribution in [0.3, 0.4) is 0 Å². The summed E-state index contributed by atoms with van der Waals surface area (Å²) in [7, 11) is -6.49. The number of benzene rings is 1. The zero-order valence-corrected chi connectivity index (χ0v) is 10.0. The van der Waals surface area contributed by atoms with Gasteiger partial charge in [0, 0.05) is 14.4 Å². The number of carbonyl (C=O) groups is 1. The molecule has 0 bridgehead atoms. The summed E-state index contributed by atoms with van der Waals surface area (Å²) in [4.78, 5) is 11.5. The van der Waals surface area contributed by atoms with Crippen LogP contribution in [0, 0.1) is 0 Å². The normalized spacial score (nSPS) is 28.1. The van der Waals surface area contributed by atoms with E-state index >= 15 is 0 Å². The Bertz CT molecular complexity index is 597. The first-order valence-corrected chi connectivity index (χ1v) is 8.06. The van der Waals surface area contributed by atoms with Crippen molar-refractivity contribution in [2.75, 3.05) is 11.5 Å². The van der Waals surface area contributed by atoms with Crippen LogP contribution in [0.4, 0.5) is 0 Å². The predicted octanol–water partition coefficient (Wildman–Crippen LogP) is 0.118. The minimum absolute atomic E-state index is 0.0270. The van der Waals surface area contributed by atoms with Crippen LogP contribution in [0.5, 0.6) is 0 Å². The Morgan fingerprint density at radius 1 is 1.00 bits per heavy atom. The fourth-order valence-electron chi connectivity index (χ4n) is 1.68. The molecule has 16 heavy (non-hydrogen) atoms. The second-order valence-corrected chi connectivity index (χ2v) is 8.01. The van der Waals surface area contributed by atoms with Crippen molar-refractivity contribution < 1.29 is 17.4 Å². The summed E-state index contributed by atoms with van der Waals surface area (Å²) < 4.78 is 35.8. The molecule has 0 aromatic heterocycles. The Hall–Kier alpha value is -1.14. The van der Waals surface area contributed by atoms with Crippen LogP contribution < -0.4 is 0 Å².